The Labute approximate surface area is 146 Å². The maximum atomic E-state index is 11.9. The molecule has 0 saturated carbocycles. The standard InChI is InChI=1S/C18H21N3O4/c1-24-15-9-13(10-16(11-15)25-2)12-21-18(23)17(22)20-8-6-14-5-3-4-7-19-14/h3-5,7,9-11H,6,8,12H2,1-2H3,(H,20,22)(H,21,23). The minimum Gasteiger partial charge on any atom is -0.497 e. The lowest BCUT2D eigenvalue weighted by Gasteiger charge is -2.10. The SMILES string of the molecule is COc1cc(CNC(=O)C(=O)NCCc2ccccn2)cc(OC)c1. The van der Waals surface area contributed by atoms with E-state index in [-0.39, 0.29) is 6.54 Å². The fraction of sp³-hybridized carbons (Fsp3) is 0.278. The van der Waals surface area contributed by atoms with Gasteiger partial charge in [-0.2, -0.15) is 0 Å². The molecule has 0 radical (unpaired) electrons. The molecule has 0 spiro atoms. The molecule has 0 aliphatic rings. The molecule has 1 aromatic heterocycles. The van der Waals surface area contributed by atoms with E-state index in [1.165, 1.54) is 0 Å². The van der Waals surface area contributed by atoms with E-state index >= 15 is 0 Å². The fourth-order valence-electron chi connectivity index (χ4n) is 2.16. The third-order valence-corrected chi connectivity index (χ3v) is 3.46. The number of methoxy groups -OCH3 is 2. The zero-order valence-corrected chi connectivity index (χ0v) is 14.2. The maximum absolute atomic E-state index is 11.9. The Bertz CT molecular complexity index is 697. The van der Waals surface area contributed by atoms with E-state index in [0.29, 0.717) is 24.5 Å². The molecule has 25 heavy (non-hydrogen) atoms. The van der Waals surface area contributed by atoms with Gasteiger partial charge in [0.25, 0.3) is 0 Å². The van der Waals surface area contributed by atoms with Crippen molar-refractivity contribution in [1.29, 1.82) is 0 Å². The van der Waals surface area contributed by atoms with Gasteiger partial charge >= 0.3 is 11.8 Å². The van der Waals surface area contributed by atoms with Gasteiger partial charge in [0.2, 0.25) is 0 Å². The van der Waals surface area contributed by atoms with Crippen LogP contribution in [0.1, 0.15) is 11.3 Å². The summed E-state index contributed by atoms with van der Waals surface area (Å²) in [5, 5.41) is 5.14. The zero-order chi connectivity index (χ0) is 18.1. The Morgan fingerprint density at radius 2 is 1.68 bits per heavy atom. The molecule has 0 bridgehead atoms. The van der Waals surface area contributed by atoms with Gasteiger partial charge in [0.15, 0.2) is 0 Å². The van der Waals surface area contributed by atoms with Crippen molar-refractivity contribution in [3.63, 3.8) is 0 Å². The summed E-state index contributed by atoms with van der Waals surface area (Å²) in [4.78, 5) is 27.8. The number of rotatable bonds is 7. The summed E-state index contributed by atoms with van der Waals surface area (Å²) in [7, 11) is 3.10. The van der Waals surface area contributed by atoms with Gasteiger partial charge in [-0.25, -0.2) is 0 Å². The normalized spacial score (nSPS) is 10.0. The highest BCUT2D eigenvalue weighted by atomic mass is 16.5. The van der Waals surface area contributed by atoms with Crippen molar-refractivity contribution >= 4 is 11.8 Å². The highest BCUT2D eigenvalue weighted by Gasteiger charge is 2.13. The molecular weight excluding hydrogens is 322 g/mol. The van der Waals surface area contributed by atoms with Crippen molar-refractivity contribution in [3.05, 3.63) is 53.9 Å². The van der Waals surface area contributed by atoms with Gasteiger partial charge in [-0.1, -0.05) is 6.07 Å². The third-order valence-electron chi connectivity index (χ3n) is 3.46. The van der Waals surface area contributed by atoms with Crippen molar-refractivity contribution in [2.75, 3.05) is 20.8 Å². The number of hydrogen-bond donors (Lipinski definition) is 2. The van der Waals surface area contributed by atoms with Gasteiger partial charge in [0.05, 0.1) is 14.2 Å². The Morgan fingerprint density at radius 3 is 2.28 bits per heavy atom. The average molecular weight is 343 g/mol. The second kappa shape index (κ2) is 9.27. The van der Waals surface area contributed by atoms with E-state index in [0.717, 1.165) is 11.3 Å². The summed E-state index contributed by atoms with van der Waals surface area (Å²) in [6.07, 6.45) is 2.25. The lowest BCUT2D eigenvalue weighted by atomic mass is 10.2. The smallest absolute Gasteiger partial charge is 0.309 e. The maximum Gasteiger partial charge on any atom is 0.309 e. The van der Waals surface area contributed by atoms with Crippen molar-refractivity contribution in [1.82, 2.24) is 15.6 Å². The van der Waals surface area contributed by atoms with Gasteiger partial charge in [-0.15, -0.1) is 0 Å². The molecule has 7 heteroatoms. The number of pyridine rings is 1. The molecule has 2 rings (SSSR count). The van der Waals surface area contributed by atoms with Crippen LogP contribution < -0.4 is 20.1 Å². The highest BCUT2D eigenvalue weighted by molar-refractivity contribution is 6.35. The molecule has 0 aliphatic heterocycles. The van der Waals surface area contributed by atoms with Crippen LogP contribution in [0.4, 0.5) is 0 Å². The first kappa shape index (κ1) is 18.3. The van der Waals surface area contributed by atoms with Crippen LogP contribution in [-0.4, -0.2) is 37.6 Å². The lowest BCUT2D eigenvalue weighted by molar-refractivity contribution is -0.139. The van der Waals surface area contributed by atoms with Crippen LogP contribution in [0, 0.1) is 0 Å². The lowest BCUT2D eigenvalue weighted by Crippen LogP contribution is -2.40. The van der Waals surface area contributed by atoms with E-state index in [2.05, 4.69) is 15.6 Å². The number of benzene rings is 1. The molecule has 2 N–H and O–H groups in total. The van der Waals surface area contributed by atoms with Crippen LogP contribution in [-0.2, 0) is 22.6 Å². The predicted octanol–water partition coefficient (Wildman–Crippen LogP) is 1.07. The van der Waals surface area contributed by atoms with Crippen LogP contribution in [0.15, 0.2) is 42.6 Å². The van der Waals surface area contributed by atoms with Crippen molar-refractivity contribution in [3.8, 4) is 11.5 Å². The van der Waals surface area contributed by atoms with Crippen LogP contribution in [0.25, 0.3) is 0 Å². The fourth-order valence-corrected chi connectivity index (χ4v) is 2.16. The minimum absolute atomic E-state index is 0.194. The number of hydrogen-bond acceptors (Lipinski definition) is 5. The number of aromatic nitrogens is 1. The molecule has 132 valence electrons. The Kier molecular flexibility index (Phi) is 6.76. The summed E-state index contributed by atoms with van der Waals surface area (Å²) in [6, 6.07) is 10.8. The Morgan fingerprint density at radius 1 is 1.00 bits per heavy atom. The van der Waals surface area contributed by atoms with E-state index in [1.807, 2.05) is 18.2 Å². The minimum atomic E-state index is -0.692. The molecule has 1 aromatic carbocycles. The third kappa shape index (κ3) is 5.80. The summed E-state index contributed by atoms with van der Waals surface area (Å²) in [5.74, 6) is -0.138. The van der Waals surface area contributed by atoms with E-state index < -0.39 is 11.8 Å². The number of carbonyl (C=O) groups excluding carboxylic acids is 2. The number of carbonyl (C=O) groups is 2. The molecule has 1 heterocycles. The van der Waals surface area contributed by atoms with Gasteiger partial charge in [0.1, 0.15) is 11.5 Å². The molecular formula is C18H21N3O4. The zero-order valence-electron chi connectivity index (χ0n) is 14.2. The van der Waals surface area contributed by atoms with E-state index in [1.54, 1.807) is 38.6 Å². The second-order valence-electron chi connectivity index (χ2n) is 5.23. The second-order valence-corrected chi connectivity index (χ2v) is 5.23. The van der Waals surface area contributed by atoms with Crippen LogP contribution >= 0.6 is 0 Å². The topological polar surface area (TPSA) is 89.5 Å². The first-order valence-electron chi connectivity index (χ1n) is 7.80. The molecule has 0 unspecified atom stereocenters. The summed E-state index contributed by atoms with van der Waals surface area (Å²) >= 11 is 0. The van der Waals surface area contributed by atoms with Gasteiger partial charge < -0.3 is 20.1 Å². The van der Waals surface area contributed by atoms with E-state index in [4.69, 9.17) is 9.47 Å². The first-order valence-corrected chi connectivity index (χ1v) is 7.80. The van der Waals surface area contributed by atoms with Crippen LogP contribution in [0.5, 0.6) is 11.5 Å². The largest absolute Gasteiger partial charge is 0.497 e. The average Bonchev–Trinajstić information content (AvgIpc) is 2.66. The molecule has 0 saturated heterocycles. The van der Waals surface area contributed by atoms with Gasteiger partial charge in [-0.05, 0) is 29.8 Å². The molecule has 0 aliphatic carbocycles. The quantitative estimate of drug-likeness (QED) is 0.734. The Hall–Kier alpha value is -3.09. The molecule has 7 nitrogen and oxygen atoms in total. The monoisotopic (exact) mass is 343 g/mol. The number of nitrogens with zero attached hydrogens (tertiary/aromatic N) is 1. The molecule has 0 fully saturated rings. The van der Waals surface area contributed by atoms with Crippen molar-refractivity contribution < 1.29 is 19.1 Å². The molecule has 0 atom stereocenters. The number of amides is 2. The van der Waals surface area contributed by atoms with Crippen molar-refractivity contribution in [2.45, 2.75) is 13.0 Å². The first-order chi connectivity index (χ1) is 12.1. The predicted molar refractivity (Wildman–Crippen MR) is 92.3 cm³/mol. The summed E-state index contributed by atoms with van der Waals surface area (Å²) in [6.45, 7) is 0.538. The summed E-state index contributed by atoms with van der Waals surface area (Å²) in [5.41, 5.74) is 1.62. The highest BCUT2D eigenvalue weighted by Crippen LogP contribution is 2.22. The number of ether oxygens (including phenoxy) is 2. The van der Waals surface area contributed by atoms with Crippen LogP contribution in [0.2, 0.25) is 0 Å². The van der Waals surface area contributed by atoms with Crippen LogP contribution in [0.3, 0.4) is 0 Å². The summed E-state index contributed by atoms with van der Waals surface area (Å²) < 4.78 is 10.3. The van der Waals surface area contributed by atoms with Gasteiger partial charge in [0, 0.05) is 37.5 Å². The number of nitrogens with one attached hydrogen (secondary N) is 2. The Balaban J connectivity index is 1.80. The van der Waals surface area contributed by atoms with Gasteiger partial charge in [-0.3, -0.25) is 14.6 Å². The molecule has 2 amide bonds. The molecule has 2 aromatic rings. The van der Waals surface area contributed by atoms with E-state index in [9.17, 15) is 9.59 Å². The van der Waals surface area contributed by atoms with Crippen molar-refractivity contribution in [2.24, 2.45) is 0 Å².